The first-order chi connectivity index (χ1) is 5.07. The minimum Gasteiger partial charge on any atom is -0.481 e. The summed E-state index contributed by atoms with van der Waals surface area (Å²) in [7, 11) is 0. The molecule has 0 saturated heterocycles. The largest absolute Gasteiger partial charge is 0.481 e. The van der Waals surface area contributed by atoms with E-state index in [-0.39, 0.29) is 5.57 Å². The minimum absolute atomic E-state index is 0.0996. The molecule has 0 radical (unpaired) electrons. The predicted molar refractivity (Wildman–Crippen MR) is 37.7 cm³/mol. The van der Waals surface area contributed by atoms with Gasteiger partial charge in [-0.25, -0.2) is 4.79 Å². The molecule has 0 saturated carbocycles. The maximum atomic E-state index is 10.6. The highest BCUT2D eigenvalue weighted by atomic mass is 16.5. The second-order valence-electron chi connectivity index (χ2n) is 1.75. The number of carboxylic acid groups (broad SMARTS) is 1. The number of carbonyl (C=O) groups is 2. The van der Waals surface area contributed by atoms with Gasteiger partial charge in [-0.3, -0.25) is 4.79 Å². The van der Waals surface area contributed by atoms with Crippen LogP contribution in [0, 0.1) is 0 Å². The van der Waals surface area contributed by atoms with Gasteiger partial charge in [0.05, 0.1) is 12.7 Å². The van der Waals surface area contributed by atoms with Crippen LogP contribution >= 0.6 is 0 Å². The van der Waals surface area contributed by atoms with Crippen LogP contribution in [0.1, 0.15) is 6.42 Å². The molecule has 1 N–H and O–H groups in total. The highest BCUT2D eigenvalue weighted by Crippen LogP contribution is 2.00. The molecule has 0 aliphatic rings. The first-order valence-electron chi connectivity index (χ1n) is 2.79. The average Bonchev–Trinajstić information content (AvgIpc) is 1.86. The molecule has 11 heavy (non-hydrogen) atoms. The summed E-state index contributed by atoms with van der Waals surface area (Å²) >= 11 is 0. The molecule has 0 fully saturated rings. The van der Waals surface area contributed by atoms with Crippen LogP contribution in [0.15, 0.2) is 25.0 Å². The Kier molecular flexibility index (Phi) is 3.66. The van der Waals surface area contributed by atoms with Crippen LogP contribution < -0.4 is 0 Å². The van der Waals surface area contributed by atoms with E-state index in [0.29, 0.717) is 0 Å². The van der Waals surface area contributed by atoms with E-state index >= 15 is 0 Å². The summed E-state index contributed by atoms with van der Waals surface area (Å²) in [6.45, 7) is 6.34. The normalized spacial score (nSPS) is 8.36. The second-order valence-corrected chi connectivity index (χ2v) is 1.75. The van der Waals surface area contributed by atoms with Gasteiger partial charge in [0.1, 0.15) is 0 Å². The molecule has 4 nitrogen and oxygen atoms in total. The van der Waals surface area contributed by atoms with Gasteiger partial charge in [-0.15, -0.1) is 0 Å². The Morgan fingerprint density at radius 2 is 2.09 bits per heavy atom. The zero-order valence-electron chi connectivity index (χ0n) is 5.87. The molecule has 0 amide bonds. The predicted octanol–water partition coefficient (Wildman–Crippen LogP) is 0.704. The number of aliphatic carboxylic acids is 1. The summed E-state index contributed by atoms with van der Waals surface area (Å²) in [5.41, 5.74) is -0.0996. The van der Waals surface area contributed by atoms with Crippen molar-refractivity contribution in [2.24, 2.45) is 0 Å². The number of hydrogen-bond donors (Lipinski definition) is 1. The fraction of sp³-hybridized carbons (Fsp3) is 0.143. The average molecular weight is 156 g/mol. The Hall–Kier alpha value is -1.58. The fourth-order valence-corrected chi connectivity index (χ4v) is 0.414. The lowest BCUT2D eigenvalue weighted by Crippen LogP contribution is -2.07. The van der Waals surface area contributed by atoms with Crippen LogP contribution in [-0.4, -0.2) is 17.0 Å². The summed E-state index contributed by atoms with van der Waals surface area (Å²) in [6.07, 6.45) is 0.516. The maximum absolute atomic E-state index is 10.6. The van der Waals surface area contributed by atoms with Gasteiger partial charge in [0.2, 0.25) is 0 Å². The van der Waals surface area contributed by atoms with Crippen molar-refractivity contribution in [1.82, 2.24) is 0 Å². The summed E-state index contributed by atoms with van der Waals surface area (Å²) < 4.78 is 4.27. The molecule has 0 spiro atoms. The third-order valence-corrected chi connectivity index (χ3v) is 0.844. The lowest BCUT2D eigenvalue weighted by molar-refractivity contribution is -0.139. The first kappa shape index (κ1) is 9.42. The third kappa shape index (κ3) is 3.91. The number of hydrogen-bond acceptors (Lipinski definition) is 3. The van der Waals surface area contributed by atoms with Gasteiger partial charge < -0.3 is 9.84 Å². The third-order valence-electron chi connectivity index (χ3n) is 0.844. The van der Waals surface area contributed by atoms with Crippen LogP contribution in [0.3, 0.4) is 0 Å². The maximum Gasteiger partial charge on any atom is 0.338 e. The number of carboxylic acids is 1. The van der Waals surface area contributed by atoms with E-state index in [1.807, 2.05) is 0 Å². The topological polar surface area (TPSA) is 63.6 Å². The molecule has 0 heterocycles. The van der Waals surface area contributed by atoms with Crippen molar-refractivity contribution >= 4 is 11.9 Å². The molecular formula is C7H8O4. The molecule has 0 aromatic heterocycles. The molecule has 0 bridgehead atoms. The van der Waals surface area contributed by atoms with Crippen LogP contribution in [0.25, 0.3) is 0 Å². The molecule has 0 aromatic rings. The summed E-state index contributed by atoms with van der Waals surface area (Å²) in [5.74, 6) is -1.88. The molecule has 0 atom stereocenters. The van der Waals surface area contributed by atoms with E-state index in [1.54, 1.807) is 0 Å². The SMILES string of the molecule is C=COC(=O)C(=C)CC(=O)O. The molecule has 60 valence electrons. The molecule has 0 aliphatic carbocycles. The molecular weight excluding hydrogens is 148 g/mol. The highest BCUT2D eigenvalue weighted by Gasteiger charge is 2.10. The molecule has 0 rings (SSSR count). The number of rotatable bonds is 4. The molecule has 0 aliphatic heterocycles. The quantitative estimate of drug-likeness (QED) is 0.369. The van der Waals surface area contributed by atoms with Crippen molar-refractivity contribution in [3.63, 3.8) is 0 Å². The lowest BCUT2D eigenvalue weighted by atomic mass is 10.2. The van der Waals surface area contributed by atoms with E-state index < -0.39 is 18.4 Å². The lowest BCUT2D eigenvalue weighted by Gasteiger charge is -1.98. The van der Waals surface area contributed by atoms with Gasteiger partial charge >= 0.3 is 11.9 Å². The second kappa shape index (κ2) is 4.27. The van der Waals surface area contributed by atoms with Crippen LogP contribution in [0.4, 0.5) is 0 Å². The van der Waals surface area contributed by atoms with Crippen LogP contribution in [0.2, 0.25) is 0 Å². The number of ether oxygens (including phenoxy) is 1. The van der Waals surface area contributed by atoms with Gasteiger partial charge in [0.15, 0.2) is 0 Å². The van der Waals surface area contributed by atoms with Crippen molar-refractivity contribution in [1.29, 1.82) is 0 Å². The summed E-state index contributed by atoms with van der Waals surface area (Å²) in [6, 6.07) is 0. The smallest absolute Gasteiger partial charge is 0.338 e. The van der Waals surface area contributed by atoms with E-state index in [1.165, 1.54) is 0 Å². The van der Waals surface area contributed by atoms with Crippen molar-refractivity contribution in [2.45, 2.75) is 6.42 Å². The first-order valence-corrected chi connectivity index (χ1v) is 2.79. The summed E-state index contributed by atoms with van der Waals surface area (Å²) in [5, 5.41) is 8.21. The highest BCUT2D eigenvalue weighted by molar-refractivity contribution is 5.93. The standard InChI is InChI=1S/C7H8O4/c1-3-11-7(10)5(2)4-6(8)9/h3H,1-2,4H2,(H,8,9). The van der Waals surface area contributed by atoms with Crippen LogP contribution in [0.5, 0.6) is 0 Å². The molecule has 4 heteroatoms. The van der Waals surface area contributed by atoms with Gasteiger partial charge in [-0.05, 0) is 0 Å². The van der Waals surface area contributed by atoms with Gasteiger partial charge in [-0.2, -0.15) is 0 Å². The van der Waals surface area contributed by atoms with Crippen molar-refractivity contribution in [2.75, 3.05) is 0 Å². The minimum atomic E-state index is -1.11. The fourth-order valence-electron chi connectivity index (χ4n) is 0.414. The Bertz CT molecular complexity index is 204. The van der Waals surface area contributed by atoms with E-state index in [0.717, 1.165) is 6.26 Å². The van der Waals surface area contributed by atoms with Gasteiger partial charge in [0, 0.05) is 5.57 Å². The van der Waals surface area contributed by atoms with Crippen LogP contribution in [-0.2, 0) is 14.3 Å². The van der Waals surface area contributed by atoms with E-state index in [2.05, 4.69) is 17.9 Å². The molecule has 0 unspecified atom stereocenters. The van der Waals surface area contributed by atoms with E-state index in [9.17, 15) is 9.59 Å². The Labute approximate surface area is 63.8 Å². The Morgan fingerprint density at radius 3 is 2.45 bits per heavy atom. The van der Waals surface area contributed by atoms with E-state index in [4.69, 9.17) is 5.11 Å². The zero-order chi connectivity index (χ0) is 8.85. The Morgan fingerprint density at radius 1 is 1.55 bits per heavy atom. The number of esters is 1. The van der Waals surface area contributed by atoms with Crippen molar-refractivity contribution in [3.8, 4) is 0 Å². The monoisotopic (exact) mass is 156 g/mol. The summed E-state index contributed by atoms with van der Waals surface area (Å²) in [4.78, 5) is 20.6. The zero-order valence-corrected chi connectivity index (χ0v) is 5.87. The number of carbonyl (C=O) groups excluding carboxylic acids is 1. The molecule has 0 aromatic carbocycles. The van der Waals surface area contributed by atoms with Crippen molar-refractivity contribution < 1.29 is 19.4 Å². The van der Waals surface area contributed by atoms with Crippen molar-refractivity contribution in [3.05, 3.63) is 25.0 Å². The Balaban J connectivity index is 3.93. The van der Waals surface area contributed by atoms with Gasteiger partial charge in [-0.1, -0.05) is 13.2 Å². The van der Waals surface area contributed by atoms with Gasteiger partial charge in [0.25, 0.3) is 0 Å².